The Balaban J connectivity index is 3.88. The maximum atomic E-state index is 12.8. The van der Waals surface area contributed by atoms with Gasteiger partial charge >= 0.3 is 0 Å². The first-order valence-corrected chi connectivity index (χ1v) is 6.04. The van der Waals surface area contributed by atoms with E-state index in [1.165, 1.54) is 18.1 Å². The summed E-state index contributed by atoms with van der Waals surface area (Å²) in [6.07, 6.45) is 8.50. The molecule has 0 saturated heterocycles. The van der Waals surface area contributed by atoms with Gasteiger partial charge in [0.05, 0.1) is 5.83 Å². The molecule has 0 atom stereocenters. The lowest BCUT2D eigenvalue weighted by atomic mass is 10.1. The quantitative estimate of drug-likeness (QED) is 0.506. The monoisotopic (exact) mass is 224 g/mol. The van der Waals surface area contributed by atoms with Crippen LogP contribution >= 0.6 is 0 Å². The molecular formula is C15H25F. The summed E-state index contributed by atoms with van der Waals surface area (Å²) in [5.74, 6) is -0.0319. The van der Waals surface area contributed by atoms with E-state index < -0.39 is 0 Å². The first-order chi connectivity index (χ1) is 7.43. The molecule has 0 spiro atoms. The van der Waals surface area contributed by atoms with E-state index in [0.717, 1.165) is 31.3 Å². The largest absolute Gasteiger partial charge is 0.212 e. The van der Waals surface area contributed by atoms with Gasteiger partial charge in [-0.25, -0.2) is 4.39 Å². The Bertz CT molecular complexity index is 285. The predicted molar refractivity (Wildman–Crippen MR) is 71.1 cm³/mol. The Hall–Kier alpha value is -0.850. The van der Waals surface area contributed by atoms with Crippen molar-refractivity contribution in [1.29, 1.82) is 0 Å². The minimum absolute atomic E-state index is 0.0319. The Morgan fingerprint density at radius 1 is 0.875 bits per heavy atom. The highest BCUT2D eigenvalue weighted by Crippen LogP contribution is 2.14. The standard InChI is InChI=1S/C15H25F/c1-12(2)8-6-9-13(3)10-7-11-14(4)15(5)16/h8,10H,6-7,9,11H2,1-5H3. The summed E-state index contributed by atoms with van der Waals surface area (Å²) in [6.45, 7) is 9.79. The zero-order valence-electron chi connectivity index (χ0n) is 11.4. The first-order valence-electron chi connectivity index (χ1n) is 6.04. The molecule has 0 aliphatic heterocycles. The van der Waals surface area contributed by atoms with Crippen LogP contribution < -0.4 is 0 Å². The Morgan fingerprint density at radius 2 is 1.44 bits per heavy atom. The molecule has 0 amide bonds. The fraction of sp³-hybridized carbons (Fsp3) is 0.600. The van der Waals surface area contributed by atoms with E-state index >= 15 is 0 Å². The smallest absolute Gasteiger partial charge is 0.0958 e. The van der Waals surface area contributed by atoms with Crippen molar-refractivity contribution in [3.8, 4) is 0 Å². The van der Waals surface area contributed by atoms with E-state index in [0.29, 0.717) is 0 Å². The van der Waals surface area contributed by atoms with Gasteiger partial charge in [0.15, 0.2) is 0 Å². The van der Waals surface area contributed by atoms with Gasteiger partial charge < -0.3 is 0 Å². The van der Waals surface area contributed by atoms with Crippen LogP contribution in [0.3, 0.4) is 0 Å². The van der Waals surface area contributed by atoms with E-state index in [1.54, 1.807) is 0 Å². The highest BCUT2D eigenvalue weighted by Gasteiger charge is 1.95. The third-order valence-electron chi connectivity index (χ3n) is 2.69. The van der Waals surface area contributed by atoms with Gasteiger partial charge in [0.1, 0.15) is 0 Å². The normalized spacial score (nSPS) is 13.5. The van der Waals surface area contributed by atoms with Crippen molar-refractivity contribution in [3.63, 3.8) is 0 Å². The molecule has 92 valence electrons. The van der Waals surface area contributed by atoms with Crippen LogP contribution in [0.4, 0.5) is 4.39 Å². The van der Waals surface area contributed by atoms with E-state index in [-0.39, 0.29) is 5.83 Å². The molecule has 16 heavy (non-hydrogen) atoms. The number of halogens is 1. The van der Waals surface area contributed by atoms with Crippen molar-refractivity contribution in [2.45, 2.75) is 60.3 Å². The molecule has 0 saturated carbocycles. The summed E-state index contributed by atoms with van der Waals surface area (Å²) >= 11 is 0. The topological polar surface area (TPSA) is 0 Å². The predicted octanol–water partition coefficient (Wildman–Crippen LogP) is 5.72. The molecule has 0 unspecified atom stereocenters. The van der Waals surface area contributed by atoms with Gasteiger partial charge in [-0.05, 0) is 65.9 Å². The number of hydrogen-bond acceptors (Lipinski definition) is 0. The van der Waals surface area contributed by atoms with Crippen molar-refractivity contribution in [3.05, 3.63) is 34.7 Å². The van der Waals surface area contributed by atoms with Crippen molar-refractivity contribution in [2.75, 3.05) is 0 Å². The third-order valence-corrected chi connectivity index (χ3v) is 2.69. The maximum Gasteiger partial charge on any atom is 0.0958 e. The van der Waals surface area contributed by atoms with Crippen molar-refractivity contribution >= 4 is 0 Å². The van der Waals surface area contributed by atoms with Crippen molar-refractivity contribution in [1.82, 2.24) is 0 Å². The first kappa shape index (κ1) is 15.2. The zero-order chi connectivity index (χ0) is 12.6. The molecule has 1 heteroatoms. The summed E-state index contributed by atoms with van der Waals surface area (Å²) in [6, 6.07) is 0. The van der Waals surface area contributed by atoms with Crippen LogP contribution in [0.2, 0.25) is 0 Å². The lowest BCUT2D eigenvalue weighted by Crippen LogP contribution is -1.81. The third kappa shape index (κ3) is 8.46. The van der Waals surface area contributed by atoms with Gasteiger partial charge in [-0.15, -0.1) is 0 Å². The lowest BCUT2D eigenvalue weighted by Gasteiger charge is -2.01. The van der Waals surface area contributed by atoms with Crippen LogP contribution in [0.5, 0.6) is 0 Å². The van der Waals surface area contributed by atoms with E-state index in [4.69, 9.17) is 0 Å². The highest BCUT2D eigenvalue weighted by atomic mass is 19.1. The summed E-state index contributed by atoms with van der Waals surface area (Å²) in [5.41, 5.74) is 3.65. The van der Waals surface area contributed by atoms with Crippen LogP contribution in [0.1, 0.15) is 60.3 Å². The molecule has 0 fully saturated rings. The minimum atomic E-state index is -0.0319. The van der Waals surface area contributed by atoms with Gasteiger partial charge in [0.2, 0.25) is 0 Å². The highest BCUT2D eigenvalue weighted by molar-refractivity contribution is 5.06. The Labute approximate surface area is 99.9 Å². The van der Waals surface area contributed by atoms with Gasteiger partial charge in [0, 0.05) is 0 Å². The van der Waals surface area contributed by atoms with Crippen LogP contribution in [0.25, 0.3) is 0 Å². The summed E-state index contributed by atoms with van der Waals surface area (Å²) < 4.78 is 12.8. The van der Waals surface area contributed by atoms with Crippen LogP contribution in [0, 0.1) is 0 Å². The Morgan fingerprint density at radius 3 is 1.94 bits per heavy atom. The van der Waals surface area contributed by atoms with Gasteiger partial charge in [0.25, 0.3) is 0 Å². The van der Waals surface area contributed by atoms with Crippen LogP contribution in [0.15, 0.2) is 34.7 Å². The molecular weight excluding hydrogens is 199 g/mol. The summed E-state index contributed by atoms with van der Waals surface area (Å²) in [7, 11) is 0. The maximum absolute atomic E-state index is 12.8. The lowest BCUT2D eigenvalue weighted by molar-refractivity contribution is 0.618. The molecule has 0 nitrogen and oxygen atoms in total. The van der Waals surface area contributed by atoms with E-state index in [2.05, 4.69) is 32.9 Å². The van der Waals surface area contributed by atoms with Gasteiger partial charge in [-0.3, -0.25) is 0 Å². The van der Waals surface area contributed by atoms with E-state index in [9.17, 15) is 4.39 Å². The summed E-state index contributed by atoms with van der Waals surface area (Å²) in [4.78, 5) is 0. The number of allylic oxidation sites excluding steroid dienone is 6. The molecule has 0 aliphatic carbocycles. The summed E-state index contributed by atoms with van der Waals surface area (Å²) in [5, 5.41) is 0. The molecule has 0 aromatic heterocycles. The van der Waals surface area contributed by atoms with Crippen molar-refractivity contribution < 1.29 is 4.39 Å². The van der Waals surface area contributed by atoms with Crippen LogP contribution in [-0.2, 0) is 0 Å². The minimum Gasteiger partial charge on any atom is -0.212 e. The van der Waals surface area contributed by atoms with Crippen molar-refractivity contribution in [2.24, 2.45) is 0 Å². The van der Waals surface area contributed by atoms with Gasteiger partial charge in [-0.1, -0.05) is 23.3 Å². The second-order valence-electron chi connectivity index (χ2n) is 4.72. The SMILES string of the molecule is CC(C)=CCCC(C)=CCCC(C)=C(C)F. The molecule has 0 bridgehead atoms. The van der Waals surface area contributed by atoms with Crippen LogP contribution in [-0.4, -0.2) is 0 Å². The fourth-order valence-electron chi connectivity index (χ4n) is 1.40. The second-order valence-corrected chi connectivity index (χ2v) is 4.72. The molecule has 0 rings (SSSR count). The van der Waals surface area contributed by atoms with Gasteiger partial charge in [-0.2, -0.15) is 0 Å². The molecule has 0 aromatic rings. The molecule has 0 radical (unpaired) electrons. The second kappa shape index (κ2) is 8.32. The zero-order valence-corrected chi connectivity index (χ0v) is 11.4. The molecule has 0 aliphatic rings. The fourth-order valence-corrected chi connectivity index (χ4v) is 1.40. The number of rotatable bonds is 6. The Kier molecular flexibility index (Phi) is 7.88. The molecule has 0 N–H and O–H groups in total. The number of hydrogen-bond donors (Lipinski definition) is 0. The average molecular weight is 224 g/mol. The van der Waals surface area contributed by atoms with E-state index in [1.807, 2.05) is 6.92 Å². The molecule has 0 aromatic carbocycles. The average Bonchev–Trinajstić information content (AvgIpc) is 2.16. The molecule has 0 heterocycles.